The first kappa shape index (κ1) is 19.1. The van der Waals surface area contributed by atoms with Crippen molar-refractivity contribution in [2.24, 2.45) is 0 Å². The Bertz CT molecular complexity index is 937. The first-order valence-corrected chi connectivity index (χ1v) is 9.05. The number of ether oxygens (including phenoxy) is 1. The number of pyridine rings is 1. The molecule has 0 aliphatic rings. The van der Waals surface area contributed by atoms with Crippen molar-refractivity contribution < 1.29 is 9.53 Å². The highest BCUT2D eigenvalue weighted by Gasteiger charge is 2.13. The molecule has 27 heavy (non-hydrogen) atoms. The van der Waals surface area contributed by atoms with Crippen molar-refractivity contribution in [3.05, 3.63) is 65.6 Å². The summed E-state index contributed by atoms with van der Waals surface area (Å²) in [6.45, 7) is 4.06. The zero-order valence-electron chi connectivity index (χ0n) is 15.3. The number of Topliss-reactive ketones (excluding diaryl/α,β-unsaturated/α-hetero) is 1. The summed E-state index contributed by atoms with van der Waals surface area (Å²) in [5.41, 5.74) is 9.44. The first-order chi connectivity index (χ1) is 12.9. The maximum Gasteiger partial charge on any atom is 0.155 e. The third-order valence-electron chi connectivity index (χ3n) is 4.23. The Morgan fingerprint density at radius 2 is 2.11 bits per heavy atom. The Morgan fingerprint density at radius 3 is 2.78 bits per heavy atom. The van der Waals surface area contributed by atoms with E-state index in [9.17, 15) is 4.79 Å². The molecule has 3 aromatic rings. The largest absolute Gasteiger partial charge is 0.398 e. The van der Waals surface area contributed by atoms with Crippen LogP contribution in [0.15, 0.2) is 53.7 Å². The molecule has 1 aromatic carbocycles. The lowest BCUT2D eigenvalue weighted by Gasteiger charge is -2.11. The number of benzene rings is 1. The number of carbonyl (C=O) groups excluding carboxylic acids is 1. The third kappa shape index (κ3) is 4.75. The van der Waals surface area contributed by atoms with Crippen molar-refractivity contribution in [1.82, 2.24) is 14.8 Å². The lowest BCUT2D eigenvalue weighted by atomic mass is 9.98. The van der Waals surface area contributed by atoms with Gasteiger partial charge in [0, 0.05) is 28.9 Å². The zero-order chi connectivity index (χ0) is 19.4. The molecular weight excluding hydrogens is 360 g/mol. The van der Waals surface area contributed by atoms with Gasteiger partial charge in [0.15, 0.2) is 11.6 Å². The monoisotopic (exact) mass is 382 g/mol. The Morgan fingerprint density at radius 1 is 1.30 bits per heavy atom. The molecule has 0 amide bonds. The molecule has 0 saturated heterocycles. The van der Waals surface area contributed by atoms with Crippen LogP contribution in [-0.4, -0.2) is 27.2 Å². The molecule has 0 radical (unpaired) electrons. The number of nitrogens with two attached hydrogens (primary N) is 1. The van der Waals surface area contributed by atoms with Crippen molar-refractivity contribution in [3.8, 4) is 5.82 Å². The third-order valence-corrected chi connectivity index (χ3v) is 4.61. The molecule has 1 atom stereocenters. The molecule has 3 rings (SSSR count). The molecule has 6 nitrogen and oxygen atoms in total. The number of rotatable bonds is 7. The number of nitrogen functional groups attached to an aromatic ring is 1. The highest BCUT2D eigenvalue weighted by Crippen LogP contribution is 2.27. The van der Waals surface area contributed by atoms with Crippen molar-refractivity contribution in [2.75, 3.05) is 12.3 Å². The van der Waals surface area contributed by atoms with E-state index in [0.29, 0.717) is 12.3 Å². The lowest BCUT2D eigenvalue weighted by Crippen LogP contribution is -2.05. The van der Waals surface area contributed by atoms with Crippen molar-refractivity contribution in [1.29, 1.82) is 0 Å². The van der Waals surface area contributed by atoms with Crippen molar-refractivity contribution >= 4 is 24.1 Å². The van der Waals surface area contributed by atoms with Gasteiger partial charge in [-0.25, -0.2) is 9.67 Å². The van der Waals surface area contributed by atoms with E-state index in [1.54, 1.807) is 10.9 Å². The normalized spacial score (nSPS) is 12.1. The van der Waals surface area contributed by atoms with Gasteiger partial charge in [0.05, 0.1) is 12.3 Å². The molecule has 0 saturated carbocycles. The Hall–Kier alpha value is -2.64. The van der Waals surface area contributed by atoms with E-state index in [-0.39, 0.29) is 18.3 Å². The van der Waals surface area contributed by atoms with E-state index in [4.69, 9.17) is 10.5 Å². The second-order valence-electron chi connectivity index (χ2n) is 6.44. The van der Waals surface area contributed by atoms with Crippen LogP contribution in [0.3, 0.4) is 0 Å². The van der Waals surface area contributed by atoms with Crippen LogP contribution in [0.25, 0.3) is 5.82 Å². The Balaban J connectivity index is 1.71. The fourth-order valence-corrected chi connectivity index (χ4v) is 2.87. The first-order valence-electron chi connectivity index (χ1n) is 8.60. The van der Waals surface area contributed by atoms with E-state index in [0.717, 1.165) is 27.5 Å². The predicted molar refractivity (Wildman–Crippen MR) is 107 cm³/mol. The van der Waals surface area contributed by atoms with Gasteiger partial charge in [-0.1, -0.05) is 19.1 Å². The number of hydrogen-bond donors (Lipinski definition) is 2. The van der Waals surface area contributed by atoms with Gasteiger partial charge >= 0.3 is 0 Å². The number of carbonyl (C=O) groups is 1. The summed E-state index contributed by atoms with van der Waals surface area (Å²) in [6.07, 6.45) is 3.62. The molecule has 2 aromatic heterocycles. The zero-order valence-corrected chi connectivity index (χ0v) is 16.2. The second kappa shape index (κ2) is 8.37. The fourth-order valence-electron chi connectivity index (χ4n) is 2.65. The summed E-state index contributed by atoms with van der Waals surface area (Å²) in [6, 6.07) is 11.6. The molecule has 1 unspecified atom stereocenters. The molecule has 0 bridgehead atoms. The summed E-state index contributed by atoms with van der Waals surface area (Å²) < 4.78 is 7.04. The van der Waals surface area contributed by atoms with Gasteiger partial charge in [-0.2, -0.15) is 5.10 Å². The Labute approximate surface area is 163 Å². The predicted octanol–water partition coefficient (Wildman–Crippen LogP) is 3.40. The van der Waals surface area contributed by atoms with Crippen LogP contribution in [0, 0.1) is 0 Å². The van der Waals surface area contributed by atoms with Gasteiger partial charge in [0.25, 0.3) is 0 Å². The molecule has 140 valence electrons. The van der Waals surface area contributed by atoms with Gasteiger partial charge in [0.2, 0.25) is 0 Å². The van der Waals surface area contributed by atoms with Crippen LogP contribution in [0.4, 0.5) is 5.69 Å². The highest BCUT2D eigenvalue weighted by atomic mass is 32.1. The molecular formula is C20H22N4O2S. The molecule has 2 heterocycles. The topological polar surface area (TPSA) is 83.0 Å². The lowest BCUT2D eigenvalue weighted by molar-refractivity contribution is -0.121. The Kier molecular flexibility index (Phi) is 5.93. The van der Waals surface area contributed by atoms with Crippen LogP contribution in [0.2, 0.25) is 0 Å². The minimum atomic E-state index is 0.00362. The molecule has 7 heteroatoms. The fraction of sp³-hybridized carbons (Fsp3) is 0.250. The maximum atomic E-state index is 10.9. The van der Waals surface area contributed by atoms with Crippen molar-refractivity contribution in [2.45, 2.75) is 31.3 Å². The van der Waals surface area contributed by atoms with E-state index in [1.807, 2.05) is 42.6 Å². The highest BCUT2D eigenvalue weighted by molar-refractivity contribution is 7.80. The number of hydrogen-bond acceptors (Lipinski definition) is 6. The maximum absolute atomic E-state index is 10.9. The average Bonchev–Trinajstić information content (AvgIpc) is 3.14. The molecule has 0 spiro atoms. The van der Waals surface area contributed by atoms with E-state index < -0.39 is 0 Å². The van der Waals surface area contributed by atoms with Gasteiger partial charge < -0.3 is 10.5 Å². The van der Waals surface area contributed by atoms with Crippen LogP contribution in [0.1, 0.15) is 36.6 Å². The second-order valence-corrected chi connectivity index (χ2v) is 6.93. The molecule has 0 fully saturated rings. The number of ketones is 1. The summed E-state index contributed by atoms with van der Waals surface area (Å²) in [5, 5.41) is 4.65. The minimum Gasteiger partial charge on any atom is -0.398 e. The molecule has 0 aliphatic heterocycles. The van der Waals surface area contributed by atoms with Gasteiger partial charge in [0.1, 0.15) is 6.61 Å². The number of anilines is 1. The quantitative estimate of drug-likeness (QED) is 0.483. The number of thiol groups is 1. The molecule has 2 N–H and O–H groups in total. The number of aromatic nitrogens is 3. The van der Waals surface area contributed by atoms with E-state index >= 15 is 0 Å². The van der Waals surface area contributed by atoms with Gasteiger partial charge in [-0.05, 0) is 42.3 Å². The summed E-state index contributed by atoms with van der Waals surface area (Å²) in [4.78, 5) is 16.1. The van der Waals surface area contributed by atoms with E-state index in [1.165, 1.54) is 6.92 Å². The number of nitrogens with zero attached hydrogens (tertiary/aromatic N) is 3. The van der Waals surface area contributed by atoms with Gasteiger partial charge in [-0.3, -0.25) is 4.79 Å². The summed E-state index contributed by atoms with van der Waals surface area (Å²) in [5.74, 6) is 0.830. The van der Waals surface area contributed by atoms with E-state index in [2.05, 4.69) is 29.6 Å². The van der Waals surface area contributed by atoms with Gasteiger partial charge in [-0.15, -0.1) is 12.6 Å². The van der Waals surface area contributed by atoms with Crippen LogP contribution in [-0.2, 0) is 16.1 Å². The SMILES string of the molecule is CC(=O)COCc1ccc(-n2ccc(C(C)c3ccc(N)c(S)c3)n2)nc1. The van der Waals surface area contributed by atoms with Crippen LogP contribution >= 0.6 is 12.6 Å². The summed E-state index contributed by atoms with van der Waals surface area (Å²) in [7, 11) is 0. The van der Waals surface area contributed by atoms with Crippen molar-refractivity contribution in [3.63, 3.8) is 0 Å². The van der Waals surface area contributed by atoms with Crippen LogP contribution in [0.5, 0.6) is 0 Å². The standard InChI is InChI=1S/C20H22N4O2S/c1-13(25)11-26-12-15-3-6-20(22-10-15)24-8-7-18(23-24)14(2)16-4-5-17(21)19(27)9-16/h3-10,14,27H,11-12,21H2,1-2H3. The smallest absolute Gasteiger partial charge is 0.155 e. The van der Waals surface area contributed by atoms with Crippen LogP contribution < -0.4 is 5.73 Å². The minimum absolute atomic E-state index is 0.00362. The molecule has 0 aliphatic carbocycles. The summed E-state index contributed by atoms with van der Waals surface area (Å²) >= 11 is 4.39. The average molecular weight is 382 g/mol.